The summed E-state index contributed by atoms with van der Waals surface area (Å²) in [6.07, 6.45) is 0. The van der Waals surface area contributed by atoms with Gasteiger partial charge in [0.05, 0.1) is 12.2 Å². The molecule has 0 bridgehead atoms. The third kappa shape index (κ3) is 2.72. The van der Waals surface area contributed by atoms with E-state index in [1.54, 1.807) is 13.8 Å². The van der Waals surface area contributed by atoms with Gasteiger partial charge >= 0.3 is 0 Å². The van der Waals surface area contributed by atoms with Crippen LogP contribution in [0.15, 0.2) is 15.7 Å². The van der Waals surface area contributed by atoms with E-state index in [1.165, 1.54) is 11.0 Å². The van der Waals surface area contributed by atoms with Gasteiger partial charge in [-0.05, 0) is 13.8 Å². The molecule has 16 heavy (non-hydrogen) atoms. The molecule has 88 valence electrons. The van der Waals surface area contributed by atoms with E-state index in [9.17, 15) is 4.79 Å². The van der Waals surface area contributed by atoms with Crippen molar-refractivity contribution in [1.82, 2.24) is 10.1 Å². The average molecular weight is 226 g/mol. The topological polar surface area (TPSA) is 105 Å². The molecule has 0 atom stereocenters. The molecule has 0 spiro atoms. The minimum atomic E-state index is -0.338. The number of likely N-dealkylation sites (N-methyl/N-ethyl adjacent to an activating group) is 1. The lowest BCUT2D eigenvalue weighted by Gasteiger charge is -2.17. The van der Waals surface area contributed by atoms with Crippen molar-refractivity contribution in [3.05, 3.63) is 17.5 Å². The highest BCUT2D eigenvalue weighted by Gasteiger charge is 2.19. The highest BCUT2D eigenvalue weighted by molar-refractivity contribution is 5.94. The van der Waals surface area contributed by atoms with Crippen LogP contribution in [0.25, 0.3) is 0 Å². The van der Waals surface area contributed by atoms with Crippen molar-refractivity contribution < 1.29 is 14.5 Å². The third-order valence-electron chi connectivity index (χ3n) is 1.99. The molecular weight excluding hydrogens is 212 g/mol. The molecule has 7 nitrogen and oxygen atoms in total. The van der Waals surface area contributed by atoms with Gasteiger partial charge in [0.2, 0.25) is 5.76 Å². The number of amides is 1. The fourth-order valence-corrected chi connectivity index (χ4v) is 1.17. The molecule has 0 aliphatic carbocycles. The molecule has 3 N–H and O–H groups in total. The molecule has 7 heteroatoms. The van der Waals surface area contributed by atoms with Gasteiger partial charge in [0.15, 0.2) is 5.84 Å². The number of aryl methyl sites for hydroxylation is 1. The van der Waals surface area contributed by atoms with Crippen molar-refractivity contribution in [2.45, 2.75) is 13.8 Å². The first-order valence-electron chi connectivity index (χ1n) is 4.77. The lowest BCUT2D eigenvalue weighted by atomic mass is 10.3. The minimum absolute atomic E-state index is 0.0357. The van der Waals surface area contributed by atoms with Gasteiger partial charge < -0.3 is 20.4 Å². The number of hydrogen-bond acceptors (Lipinski definition) is 5. The van der Waals surface area contributed by atoms with Crippen LogP contribution < -0.4 is 5.73 Å². The maximum Gasteiger partial charge on any atom is 0.292 e. The van der Waals surface area contributed by atoms with Crippen LogP contribution in [-0.4, -0.2) is 40.1 Å². The minimum Gasteiger partial charge on any atom is -0.409 e. The molecule has 0 unspecified atom stereocenters. The molecule has 0 aliphatic rings. The number of amidine groups is 1. The molecule has 0 aromatic carbocycles. The lowest BCUT2D eigenvalue weighted by molar-refractivity contribution is 0.0744. The number of nitrogens with zero attached hydrogens (tertiary/aromatic N) is 3. The molecule has 0 fully saturated rings. The summed E-state index contributed by atoms with van der Waals surface area (Å²) in [5, 5.41) is 14.9. The predicted molar refractivity (Wildman–Crippen MR) is 56.2 cm³/mol. The van der Waals surface area contributed by atoms with E-state index in [0.717, 1.165) is 0 Å². The monoisotopic (exact) mass is 226 g/mol. The number of nitrogens with two attached hydrogens (primary N) is 1. The van der Waals surface area contributed by atoms with Crippen molar-refractivity contribution in [1.29, 1.82) is 0 Å². The smallest absolute Gasteiger partial charge is 0.292 e. The van der Waals surface area contributed by atoms with Gasteiger partial charge in [-0.1, -0.05) is 10.3 Å². The standard InChI is InChI=1S/C9H14N4O3/c1-3-13(5-8(10)11-15)9(14)7-4-6(2)12-16-7/h4,15H,3,5H2,1-2H3,(H2,10,11). The first kappa shape index (κ1) is 12.0. The predicted octanol–water partition coefficient (Wildman–Crippen LogP) is 0.192. The van der Waals surface area contributed by atoms with E-state index in [0.29, 0.717) is 12.2 Å². The first-order chi connectivity index (χ1) is 7.58. The normalized spacial score (nSPS) is 11.5. The van der Waals surface area contributed by atoms with Crippen molar-refractivity contribution in [2.24, 2.45) is 10.9 Å². The number of hydrogen-bond donors (Lipinski definition) is 2. The van der Waals surface area contributed by atoms with E-state index >= 15 is 0 Å². The molecule has 1 aromatic heterocycles. The van der Waals surface area contributed by atoms with E-state index in [1.807, 2.05) is 0 Å². The summed E-state index contributed by atoms with van der Waals surface area (Å²) in [7, 11) is 0. The fourth-order valence-electron chi connectivity index (χ4n) is 1.17. The summed E-state index contributed by atoms with van der Waals surface area (Å²) in [5.41, 5.74) is 5.96. The fraction of sp³-hybridized carbons (Fsp3) is 0.444. The Morgan fingerprint density at radius 3 is 2.88 bits per heavy atom. The van der Waals surface area contributed by atoms with Crippen LogP contribution in [0.5, 0.6) is 0 Å². The van der Waals surface area contributed by atoms with Crippen LogP contribution in [-0.2, 0) is 0 Å². The SMILES string of the molecule is CCN(CC(N)=NO)C(=O)c1cc(C)no1. The van der Waals surface area contributed by atoms with Gasteiger partial charge in [-0.15, -0.1) is 0 Å². The second-order valence-electron chi connectivity index (χ2n) is 3.24. The van der Waals surface area contributed by atoms with Crippen LogP contribution in [0, 0.1) is 6.92 Å². The van der Waals surface area contributed by atoms with Gasteiger partial charge in [-0.25, -0.2) is 0 Å². The van der Waals surface area contributed by atoms with Crippen LogP contribution in [0.4, 0.5) is 0 Å². The molecule has 1 heterocycles. The summed E-state index contributed by atoms with van der Waals surface area (Å²) in [6.45, 7) is 3.98. The average Bonchev–Trinajstić information content (AvgIpc) is 2.71. The summed E-state index contributed by atoms with van der Waals surface area (Å²) in [6, 6.07) is 1.54. The highest BCUT2D eigenvalue weighted by atomic mass is 16.5. The van der Waals surface area contributed by atoms with Gasteiger partial charge in [-0.2, -0.15) is 0 Å². The van der Waals surface area contributed by atoms with Crippen LogP contribution in [0.1, 0.15) is 23.2 Å². The number of aromatic nitrogens is 1. The Hall–Kier alpha value is -2.05. The maximum absolute atomic E-state index is 11.8. The zero-order valence-electron chi connectivity index (χ0n) is 9.17. The van der Waals surface area contributed by atoms with Crippen molar-refractivity contribution >= 4 is 11.7 Å². The van der Waals surface area contributed by atoms with Crippen molar-refractivity contribution in [2.75, 3.05) is 13.1 Å². The van der Waals surface area contributed by atoms with Crippen LogP contribution in [0.2, 0.25) is 0 Å². The number of rotatable bonds is 4. The zero-order valence-corrected chi connectivity index (χ0v) is 9.17. The van der Waals surface area contributed by atoms with Crippen LogP contribution in [0.3, 0.4) is 0 Å². The Bertz CT molecular complexity index is 399. The number of oxime groups is 1. The Morgan fingerprint density at radius 1 is 1.75 bits per heavy atom. The number of carbonyl (C=O) groups is 1. The second-order valence-corrected chi connectivity index (χ2v) is 3.24. The van der Waals surface area contributed by atoms with E-state index in [4.69, 9.17) is 15.5 Å². The Balaban J connectivity index is 2.77. The zero-order chi connectivity index (χ0) is 12.1. The van der Waals surface area contributed by atoms with Gasteiger partial charge in [0, 0.05) is 12.6 Å². The van der Waals surface area contributed by atoms with Gasteiger partial charge in [0.25, 0.3) is 5.91 Å². The maximum atomic E-state index is 11.8. The molecule has 0 aliphatic heterocycles. The molecule has 0 saturated heterocycles. The quantitative estimate of drug-likeness (QED) is 0.330. The summed E-state index contributed by atoms with van der Waals surface area (Å²) in [4.78, 5) is 13.2. The molecule has 1 aromatic rings. The van der Waals surface area contributed by atoms with Gasteiger partial charge in [0.1, 0.15) is 0 Å². The van der Waals surface area contributed by atoms with E-state index in [2.05, 4.69) is 10.3 Å². The lowest BCUT2D eigenvalue weighted by Crippen LogP contribution is -2.38. The molecule has 1 amide bonds. The summed E-state index contributed by atoms with van der Waals surface area (Å²) < 4.78 is 4.84. The third-order valence-corrected chi connectivity index (χ3v) is 1.99. The summed E-state index contributed by atoms with van der Waals surface area (Å²) in [5.74, 6) is -0.230. The molecular formula is C9H14N4O3. The first-order valence-corrected chi connectivity index (χ1v) is 4.77. The largest absolute Gasteiger partial charge is 0.409 e. The van der Waals surface area contributed by atoms with E-state index in [-0.39, 0.29) is 24.0 Å². The summed E-state index contributed by atoms with van der Waals surface area (Å²) >= 11 is 0. The van der Waals surface area contributed by atoms with Crippen molar-refractivity contribution in [3.8, 4) is 0 Å². The Morgan fingerprint density at radius 2 is 2.44 bits per heavy atom. The Kier molecular flexibility index (Phi) is 3.87. The Labute approximate surface area is 92.5 Å². The highest BCUT2D eigenvalue weighted by Crippen LogP contribution is 2.06. The van der Waals surface area contributed by atoms with Crippen LogP contribution >= 0.6 is 0 Å². The molecule has 1 rings (SSSR count). The molecule has 0 saturated carbocycles. The number of carbonyl (C=O) groups excluding carboxylic acids is 1. The second kappa shape index (κ2) is 5.15. The van der Waals surface area contributed by atoms with Crippen molar-refractivity contribution in [3.63, 3.8) is 0 Å². The molecule has 0 radical (unpaired) electrons. The van der Waals surface area contributed by atoms with E-state index < -0.39 is 0 Å². The van der Waals surface area contributed by atoms with Gasteiger partial charge in [-0.3, -0.25) is 4.79 Å².